The Labute approximate surface area is 165 Å². The van der Waals surface area contributed by atoms with Crippen molar-refractivity contribution < 1.29 is 4.79 Å². The zero-order valence-electron chi connectivity index (χ0n) is 15.8. The van der Waals surface area contributed by atoms with Crippen molar-refractivity contribution in [1.82, 2.24) is 4.90 Å². The molecule has 1 fully saturated rings. The Bertz CT molecular complexity index is 885. The van der Waals surface area contributed by atoms with Gasteiger partial charge in [-0.3, -0.25) is 9.69 Å². The van der Waals surface area contributed by atoms with Crippen molar-refractivity contribution in [2.75, 3.05) is 30.3 Å². The van der Waals surface area contributed by atoms with Gasteiger partial charge in [-0.2, -0.15) is 5.11 Å². The molecule has 1 saturated heterocycles. The monoisotopic (exact) mass is 375 g/mol. The Balaban J connectivity index is 1.35. The highest BCUT2D eigenvalue weighted by atomic mass is 16.1. The van der Waals surface area contributed by atoms with E-state index in [-0.39, 0.29) is 5.91 Å². The highest BCUT2D eigenvalue weighted by Gasteiger charge is 2.27. The molecular formula is C22H25N5O. The third-order valence-electron chi connectivity index (χ3n) is 5.56. The van der Waals surface area contributed by atoms with E-state index in [4.69, 9.17) is 5.53 Å². The minimum atomic E-state index is 0.0950. The molecule has 2 heterocycles. The Kier molecular flexibility index (Phi) is 5.48. The molecule has 6 heteroatoms. The van der Waals surface area contributed by atoms with Gasteiger partial charge in [-0.1, -0.05) is 30.3 Å². The van der Waals surface area contributed by atoms with Crippen LogP contribution < -0.4 is 10.6 Å². The Morgan fingerprint density at radius 2 is 1.96 bits per heavy atom. The zero-order valence-corrected chi connectivity index (χ0v) is 15.8. The van der Waals surface area contributed by atoms with Gasteiger partial charge in [-0.05, 0) is 61.2 Å². The molecule has 0 radical (unpaired) electrons. The van der Waals surface area contributed by atoms with Crippen LogP contribution in [0.5, 0.6) is 0 Å². The molecule has 2 aromatic carbocycles. The van der Waals surface area contributed by atoms with E-state index in [0.29, 0.717) is 18.9 Å². The summed E-state index contributed by atoms with van der Waals surface area (Å²) < 4.78 is 0. The molecule has 0 atom stereocenters. The maximum atomic E-state index is 11.7. The molecule has 0 bridgehead atoms. The lowest BCUT2D eigenvalue weighted by atomic mass is 9.85. The van der Waals surface area contributed by atoms with Gasteiger partial charge in [0.15, 0.2) is 0 Å². The second-order valence-electron chi connectivity index (χ2n) is 7.41. The second-order valence-corrected chi connectivity index (χ2v) is 7.41. The van der Waals surface area contributed by atoms with Crippen molar-refractivity contribution in [1.29, 1.82) is 5.53 Å². The molecule has 0 unspecified atom stereocenters. The Hall–Kier alpha value is -2.99. The summed E-state index contributed by atoms with van der Waals surface area (Å²) in [7, 11) is 0. The van der Waals surface area contributed by atoms with Crippen LogP contribution in [0.1, 0.15) is 29.9 Å². The molecule has 0 aliphatic carbocycles. The first-order valence-corrected chi connectivity index (χ1v) is 9.75. The van der Waals surface area contributed by atoms with Crippen LogP contribution in [0.2, 0.25) is 0 Å². The zero-order chi connectivity index (χ0) is 19.3. The van der Waals surface area contributed by atoms with Gasteiger partial charge < -0.3 is 10.6 Å². The minimum absolute atomic E-state index is 0.0950. The van der Waals surface area contributed by atoms with Gasteiger partial charge in [0.25, 0.3) is 0 Å². The second kappa shape index (κ2) is 8.35. The third-order valence-corrected chi connectivity index (χ3v) is 5.56. The minimum Gasteiger partial charge on any atom is -0.360 e. The summed E-state index contributed by atoms with van der Waals surface area (Å²) in [6.45, 7) is 2.60. The standard InChI is InChI=1S/C22H25N5O/c23-26-18(14-24-17-5-2-1-3-6-17)15-27-11-9-16(10-12-27)19-7-4-8-21-20(19)13-22(28)25-21/h1-8,14,16,23-24H,9-13,15H2,(H,25,28)/b18-14-,26-23?. The van der Waals surface area contributed by atoms with Crippen molar-refractivity contribution in [3.05, 3.63) is 71.6 Å². The summed E-state index contributed by atoms with van der Waals surface area (Å²) in [4.78, 5) is 14.1. The quantitative estimate of drug-likeness (QED) is 0.657. The van der Waals surface area contributed by atoms with Crippen LogP contribution in [0, 0.1) is 5.53 Å². The summed E-state index contributed by atoms with van der Waals surface area (Å²) in [5.74, 6) is 0.583. The fraction of sp³-hybridized carbons (Fsp3) is 0.318. The molecule has 0 saturated carbocycles. The van der Waals surface area contributed by atoms with Crippen molar-refractivity contribution in [3.8, 4) is 0 Å². The maximum Gasteiger partial charge on any atom is 0.228 e. The molecule has 0 aromatic heterocycles. The van der Waals surface area contributed by atoms with Crippen molar-refractivity contribution in [3.63, 3.8) is 0 Å². The molecule has 3 N–H and O–H groups in total. The fourth-order valence-corrected chi connectivity index (χ4v) is 4.10. The van der Waals surface area contributed by atoms with Crippen LogP contribution >= 0.6 is 0 Å². The first-order valence-electron chi connectivity index (χ1n) is 9.75. The first kappa shape index (κ1) is 18.4. The molecule has 1 amide bonds. The van der Waals surface area contributed by atoms with E-state index in [1.807, 2.05) is 48.7 Å². The molecule has 28 heavy (non-hydrogen) atoms. The topological polar surface area (TPSA) is 80.6 Å². The van der Waals surface area contributed by atoms with Gasteiger partial charge in [0.1, 0.15) is 0 Å². The van der Waals surface area contributed by atoms with Crippen LogP contribution in [0.25, 0.3) is 0 Å². The molecule has 2 aromatic rings. The lowest BCUT2D eigenvalue weighted by Crippen LogP contribution is -2.34. The van der Waals surface area contributed by atoms with E-state index in [9.17, 15) is 4.79 Å². The number of para-hydroxylation sites is 1. The highest BCUT2D eigenvalue weighted by Crippen LogP contribution is 2.36. The third kappa shape index (κ3) is 4.12. The van der Waals surface area contributed by atoms with Gasteiger partial charge in [0, 0.05) is 24.1 Å². The Morgan fingerprint density at radius 3 is 2.71 bits per heavy atom. The van der Waals surface area contributed by atoms with Gasteiger partial charge in [0.05, 0.1) is 12.1 Å². The predicted octanol–water partition coefficient (Wildman–Crippen LogP) is 4.35. The normalized spacial score (nSPS) is 17.9. The number of likely N-dealkylation sites (tertiary alicyclic amines) is 1. The number of amides is 1. The van der Waals surface area contributed by atoms with E-state index in [0.717, 1.165) is 43.0 Å². The van der Waals surface area contributed by atoms with Crippen molar-refractivity contribution in [2.24, 2.45) is 5.11 Å². The molecular weight excluding hydrogens is 350 g/mol. The smallest absolute Gasteiger partial charge is 0.228 e. The van der Waals surface area contributed by atoms with E-state index in [1.54, 1.807) is 0 Å². The molecule has 4 rings (SSSR count). The first-order chi connectivity index (χ1) is 13.7. The Morgan fingerprint density at radius 1 is 1.18 bits per heavy atom. The number of benzene rings is 2. The molecule has 0 spiro atoms. The summed E-state index contributed by atoms with van der Waals surface area (Å²) in [6.07, 6.45) is 4.43. The highest BCUT2D eigenvalue weighted by molar-refractivity contribution is 5.99. The summed E-state index contributed by atoms with van der Waals surface area (Å²) in [5, 5.41) is 9.85. The van der Waals surface area contributed by atoms with Gasteiger partial charge >= 0.3 is 0 Å². The fourth-order valence-electron chi connectivity index (χ4n) is 4.10. The molecule has 6 nitrogen and oxygen atoms in total. The van der Waals surface area contributed by atoms with Gasteiger partial charge in [-0.15, -0.1) is 0 Å². The molecule has 144 valence electrons. The number of hydrogen-bond acceptors (Lipinski definition) is 5. The lowest BCUT2D eigenvalue weighted by Gasteiger charge is -2.32. The van der Waals surface area contributed by atoms with Crippen molar-refractivity contribution >= 4 is 17.3 Å². The predicted molar refractivity (Wildman–Crippen MR) is 110 cm³/mol. The number of fused-ring (bicyclic) bond motifs is 1. The lowest BCUT2D eigenvalue weighted by molar-refractivity contribution is -0.115. The number of piperidine rings is 1. The number of carbonyl (C=O) groups excluding carboxylic acids is 1. The van der Waals surface area contributed by atoms with E-state index < -0.39 is 0 Å². The number of hydrogen-bond donors (Lipinski definition) is 3. The van der Waals surface area contributed by atoms with E-state index in [1.165, 1.54) is 11.1 Å². The number of rotatable bonds is 6. The summed E-state index contributed by atoms with van der Waals surface area (Å²) >= 11 is 0. The summed E-state index contributed by atoms with van der Waals surface area (Å²) in [6, 6.07) is 16.1. The van der Waals surface area contributed by atoms with E-state index in [2.05, 4.69) is 26.7 Å². The number of carbonyl (C=O) groups is 1. The van der Waals surface area contributed by atoms with Gasteiger partial charge in [-0.25, -0.2) is 5.53 Å². The van der Waals surface area contributed by atoms with Crippen molar-refractivity contribution in [2.45, 2.75) is 25.2 Å². The van der Waals surface area contributed by atoms with Crippen LogP contribution in [0.3, 0.4) is 0 Å². The van der Waals surface area contributed by atoms with Crippen LogP contribution in [0.4, 0.5) is 11.4 Å². The van der Waals surface area contributed by atoms with Crippen LogP contribution in [-0.2, 0) is 11.2 Å². The van der Waals surface area contributed by atoms with Crippen LogP contribution in [0.15, 0.2) is 65.5 Å². The van der Waals surface area contributed by atoms with Gasteiger partial charge in [0.2, 0.25) is 5.91 Å². The maximum absolute atomic E-state index is 11.7. The SMILES string of the molecule is N=N/C(=C\Nc1ccccc1)CN1CCC(c2cccc3c2CC(=O)N3)CC1. The average molecular weight is 375 g/mol. The largest absolute Gasteiger partial charge is 0.360 e. The van der Waals surface area contributed by atoms with E-state index >= 15 is 0 Å². The average Bonchev–Trinajstić information content (AvgIpc) is 3.12. The molecule has 2 aliphatic rings. The number of anilines is 2. The molecule has 2 aliphatic heterocycles. The number of nitrogens with one attached hydrogen (secondary N) is 3. The van der Waals surface area contributed by atoms with Crippen LogP contribution in [-0.4, -0.2) is 30.4 Å². The summed E-state index contributed by atoms with van der Waals surface area (Å²) in [5.41, 5.74) is 12.7. The number of nitrogens with zero attached hydrogens (tertiary/aromatic N) is 2.